The van der Waals surface area contributed by atoms with Gasteiger partial charge in [-0.2, -0.15) is 32.2 Å². The van der Waals surface area contributed by atoms with Crippen molar-refractivity contribution in [1.82, 2.24) is 0 Å². The Labute approximate surface area is 308 Å². The molecule has 0 atom stereocenters. The van der Waals surface area contributed by atoms with Gasteiger partial charge in [0.1, 0.15) is 5.75 Å². The molecule has 0 aliphatic heterocycles. The average molecular weight is 720 g/mol. The van der Waals surface area contributed by atoms with Crippen LogP contribution in [0.3, 0.4) is 0 Å². The SMILES string of the molecule is Cc1cc(N=Nc2ccc(NC(=O)c3ccccc3)c3ccc(S(=O)(=O)O)cc23)ccc1N=Nc1ccc2c(O)cc(S(=O)(=O)O)cc2c1.[NaH]. The summed E-state index contributed by atoms with van der Waals surface area (Å²) in [5.41, 5.74) is 3.09. The number of phenolic OH excluding ortho intramolecular Hbond substituents is 1. The van der Waals surface area contributed by atoms with Crippen molar-refractivity contribution in [2.75, 3.05) is 5.32 Å². The molecular formula is C34H26N5NaO8S2. The molecule has 6 aromatic rings. The zero-order valence-corrected chi connectivity index (χ0v) is 27.0. The molecule has 13 nitrogen and oxygen atoms in total. The van der Waals surface area contributed by atoms with Gasteiger partial charge in [0, 0.05) is 33.5 Å². The minimum absolute atomic E-state index is 0. The van der Waals surface area contributed by atoms with Crippen molar-refractivity contribution in [2.45, 2.75) is 16.7 Å². The summed E-state index contributed by atoms with van der Waals surface area (Å²) in [5.74, 6) is -0.680. The average Bonchev–Trinajstić information content (AvgIpc) is 3.06. The number of benzene rings is 6. The van der Waals surface area contributed by atoms with E-state index in [-0.39, 0.29) is 51.8 Å². The molecule has 248 valence electrons. The third kappa shape index (κ3) is 8.11. The molecule has 0 aromatic heterocycles. The molecule has 0 heterocycles. The molecule has 0 saturated carbocycles. The summed E-state index contributed by atoms with van der Waals surface area (Å²) in [4.78, 5) is 12.0. The number of aryl methyl sites for hydroxylation is 1. The van der Waals surface area contributed by atoms with Crippen LogP contribution in [0.1, 0.15) is 15.9 Å². The van der Waals surface area contributed by atoms with E-state index in [4.69, 9.17) is 0 Å². The molecule has 0 bridgehead atoms. The Hall–Kier alpha value is -4.87. The van der Waals surface area contributed by atoms with Gasteiger partial charge in [-0.25, -0.2) is 0 Å². The van der Waals surface area contributed by atoms with Gasteiger partial charge in [-0.15, -0.1) is 5.11 Å². The van der Waals surface area contributed by atoms with Crippen molar-refractivity contribution in [3.63, 3.8) is 0 Å². The molecule has 4 N–H and O–H groups in total. The number of hydrogen-bond acceptors (Lipinski definition) is 10. The molecule has 0 radical (unpaired) electrons. The molecule has 0 spiro atoms. The summed E-state index contributed by atoms with van der Waals surface area (Å²) in [5, 5.41) is 31.6. The number of hydrogen-bond donors (Lipinski definition) is 4. The second kappa shape index (κ2) is 14.5. The van der Waals surface area contributed by atoms with Crippen LogP contribution in [-0.4, -0.2) is 66.5 Å². The van der Waals surface area contributed by atoms with Crippen LogP contribution in [0.2, 0.25) is 0 Å². The first-order valence-corrected chi connectivity index (χ1v) is 17.2. The van der Waals surface area contributed by atoms with Crippen molar-refractivity contribution in [2.24, 2.45) is 20.5 Å². The number of anilines is 1. The van der Waals surface area contributed by atoms with Crippen LogP contribution in [0, 0.1) is 6.92 Å². The van der Waals surface area contributed by atoms with E-state index in [0.29, 0.717) is 55.4 Å². The maximum atomic E-state index is 12.8. The quantitative estimate of drug-likeness (QED) is 0.0688. The molecule has 0 fully saturated rings. The van der Waals surface area contributed by atoms with E-state index >= 15 is 0 Å². The molecule has 0 aliphatic carbocycles. The number of carbonyl (C=O) groups excluding carboxylic acids is 1. The number of phenols is 1. The van der Waals surface area contributed by atoms with Crippen LogP contribution in [0.5, 0.6) is 5.75 Å². The van der Waals surface area contributed by atoms with E-state index in [0.717, 1.165) is 6.07 Å². The molecule has 50 heavy (non-hydrogen) atoms. The zero-order valence-electron chi connectivity index (χ0n) is 25.4. The number of nitrogens with zero attached hydrogens (tertiary/aromatic N) is 4. The topological polar surface area (TPSA) is 208 Å². The summed E-state index contributed by atoms with van der Waals surface area (Å²) in [6.45, 7) is 1.78. The molecule has 1 amide bonds. The maximum absolute atomic E-state index is 12.8. The van der Waals surface area contributed by atoms with Gasteiger partial charge in [0.05, 0.1) is 32.5 Å². The fraction of sp³-hybridized carbons (Fsp3) is 0.0294. The first-order chi connectivity index (χ1) is 23.3. The zero-order chi connectivity index (χ0) is 34.9. The van der Waals surface area contributed by atoms with Gasteiger partial charge in [0.2, 0.25) is 0 Å². The standard InChI is InChI=1S/C34H25N5O8S2.Na.H/c1-20-15-23(8-12-30(20)38-37-24-7-10-27-22(16-24)17-26(19-33(27)40)49(45,46)47)36-39-32-14-13-31(35-34(41)21-5-3-2-4-6-21)28-11-9-25(18-29(28)32)48(42,43)44;;/h2-19,40H,1H3,(H,35,41)(H,42,43,44)(H,45,46,47);;. The van der Waals surface area contributed by atoms with Crippen molar-refractivity contribution < 1.29 is 35.8 Å². The Morgan fingerprint density at radius 1 is 0.620 bits per heavy atom. The Balaban J connectivity index is 0.00000486. The van der Waals surface area contributed by atoms with Crippen LogP contribution in [0.25, 0.3) is 21.5 Å². The Morgan fingerprint density at radius 3 is 1.92 bits per heavy atom. The normalized spacial score (nSPS) is 12.1. The molecule has 0 saturated heterocycles. The first kappa shape index (κ1) is 36.4. The third-order valence-electron chi connectivity index (χ3n) is 7.46. The molecule has 0 aliphatic rings. The second-order valence-electron chi connectivity index (χ2n) is 10.8. The fourth-order valence-corrected chi connectivity index (χ4v) is 6.05. The van der Waals surface area contributed by atoms with E-state index in [1.54, 1.807) is 79.7 Å². The number of nitrogens with one attached hydrogen (secondary N) is 1. The van der Waals surface area contributed by atoms with Crippen LogP contribution >= 0.6 is 0 Å². The summed E-state index contributed by atoms with van der Waals surface area (Å²) in [6.07, 6.45) is 0. The predicted molar refractivity (Wildman–Crippen MR) is 190 cm³/mol. The Kier molecular flexibility index (Phi) is 10.6. The fourth-order valence-electron chi connectivity index (χ4n) is 5.01. The van der Waals surface area contributed by atoms with E-state index < -0.39 is 25.1 Å². The van der Waals surface area contributed by atoms with Crippen LogP contribution in [0.4, 0.5) is 28.4 Å². The number of carbonyl (C=O) groups is 1. The number of fused-ring (bicyclic) bond motifs is 2. The van der Waals surface area contributed by atoms with Crippen LogP contribution in [0.15, 0.2) is 139 Å². The molecule has 6 rings (SSSR count). The predicted octanol–water partition coefficient (Wildman–Crippen LogP) is 7.94. The monoisotopic (exact) mass is 719 g/mol. The first-order valence-electron chi connectivity index (χ1n) is 14.4. The van der Waals surface area contributed by atoms with Gasteiger partial charge in [-0.1, -0.05) is 24.3 Å². The Bertz CT molecular complexity index is 2580. The summed E-state index contributed by atoms with van der Waals surface area (Å²) >= 11 is 0. The van der Waals surface area contributed by atoms with E-state index in [2.05, 4.69) is 25.8 Å². The van der Waals surface area contributed by atoms with Gasteiger partial charge in [0.15, 0.2) is 0 Å². The van der Waals surface area contributed by atoms with Gasteiger partial charge in [-0.3, -0.25) is 13.9 Å². The number of aromatic hydroxyl groups is 1. The number of rotatable bonds is 8. The van der Waals surface area contributed by atoms with E-state index in [9.17, 15) is 35.8 Å². The Morgan fingerprint density at radius 2 is 1.24 bits per heavy atom. The summed E-state index contributed by atoms with van der Waals surface area (Å²) in [7, 11) is -9.07. The van der Waals surface area contributed by atoms with Gasteiger partial charge >= 0.3 is 29.6 Å². The van der Waals surface area contributed by atoms with Crippen molar-refractivity contribution in [3.8, 4) is 5.75 Å². The third-order valence-corrected chi connectivity index (χ3v) is 9.14. The van der Waals surface area contributed by atoms with Crippen LogP contribution < -0.4 is 5.32 Å². The minimum atomic E-state index is -4.54. The molecule has 0 unspecified atom stereocenters. The van der Waals surface area contributed by atoms with Crippen LogP contribution in [-0.2, 0) is 20.2 Å². The van der Waals surface area contributed by atoms with Crippen molar-refractivity contribution >= 4 is 106 Å². The van der Waals surface area contributed by atoms with Gasteiger partial charge in [-0.05, 0) is 96.7 Å². The van der Waals surface area contributed by atoms with Crippen molar-refractivity contribution in [3.05, 3.63) is 120 Å². The molecule has 16 heteroatoms. The second-order valence-corrected chi connectivity index (χ2v) is 13.7. The number of azo groups is 2. The summed E-state index contributed by atoms with van der Waals surface area (Å²) < 4.78 is 66.0. The van der Waals surface area contributed by atoms with E-state index in [1.807, 2.05) is 0 Å². The molecule has 6 aromatic carbocycles. The number of amides is 1. The van der Waals surface area contributed by atoms with Gasteiger partial charge in [0.25, 0.3) is 26.1 Å². The van der Waals surface area contributed by atoms with E-state index in [1.165, 1.54) is 30.3 Å². The molecular weight excluding hydrogens is 694 g/mol. The summed E-state index contributed by atoms with van der Waals surface area (Å²) in [6, 6.07) is 27.5. The van der Waals surface area contributed by atoms with Gasteiger partial charge < -0.3 is 10.4 Å². The van der Waals surface area contributed by atoms with Crippen molar-refractivity contribution in [1.29, 1.82) is 0 Å².